The zero-order chi connectivity index (χ0) is 17.0. The molecular formula is C16H15Cl2N3O2. The summed E-state index contributed by atoms with van der Waals surface area (Å²) >= 11 is 11.8. The predicted molar refractivity (Wildman–Crippen MR) is 91.3 cm³/mol. The van der Waals surface area contributed by atoms with Gasteiger partial charge in [-0.15, -0.1) is 0 Å². The molecule has 0 saturated heterocycles. The van der Waals surface area contributed by atoms with Crippen LogP contribution in [-0.4, -0.2) is 22.8 Å². The fourth-order valence-electron chi connectivity index (χ4n) is 1.84. The number of hydrogen-bond donors (Lipinski definition) is 2. The van der Waals surface area contributed by atoms with Crippen LogP contribution in [0, 0.1) is 0 Å². The van der Waals surface area contributed by atoms with Crippen LogP contribution in [0.2, 0.25) is 10.0 Å². The molecule has 0 fully saturated rings. The third kappa shape index (κ3) is 4.94. The third-order valence-corrected chi connectivity index (χ3v) is 3.19. The van der Waals surface area contributed by atoms with Gasteiger partial charge in [-0.25, -0.2) is 4.98 Å². The molecule has 2 aromatic rings. The first-order chi connectivity index (χ1) is 10.8. The molecule has 5 nitrogen and oxygen atoms in total. The summed E-state index contributed by atoms with van der Waals surface area (Å²) in [5, 5.41) is 6.18. The molecular weight excluding hydrogens is 337 g/mol. The highest BCUT2D eigenvalue weighted by Gasteiger charge is 2.13. The summed E-state index contributed by atoms with van der Waals surface area (Å²) in [7, 11) is 0. The fourth-order valence-corrected chi connectivity index (χ4v) is 2.37. The number of benzene rings is 1. The fraction of sp³-hybridized carbons (Fsp3) is 0.188. The van der Waals surface area contributed by atoms with Crippen LogP contribution in [0.1, 0.15) is 34.8 Å². The highest BCUT2D eigenvalue weighted by Crippen LogP contribution is 2.22. The molecule has 0 saturated carbocycles. The maximum atomic E-state index is 12.2. The molecule has 0 radical (unpaired) electrons. The van der Waals surface area contributed by atoms with E-state index in [0.717, 1.165) is 0 Å². The number of amides is 2. The predicted octanol–water partition coefficient (Wildman–Crippen LogP) is 3.78. The van der Waals surface area contributed by atoms with E-state index in [-0.39, 0.29) is 23.3 Å². The van der Waals surface area contributed by atoms with Crippen LogP contribution in [0.25, 0.3) is 0 Å². The molecule has 120 valence electrons. The average Bonchev–Trinajstić information content (AvgIpc) is 2.45. The van der Waals surface area contributed by atoms with Crippen molar-refractivity contribution in [2.75, 3.05) is 5.32 Å². The van der Waals surface area contributed by atoms with Crippen molar-refractivity contribution < 1.29 is 9.59 Å². The molecule has 0 atom stereocenters. The molecule has 2 N–H and O–H groups in total. The minimum Gasteiger partial charge on any atom is -0.349 e. The first-order valence-corrected chi connectivity index (χ1v) is 7.66. The molecule has 7 heteroatoms. The second-order valence-corrected chi connectivity index (χ2v) is 6.02. The maximum Gasteiger partial charge on any atom is 0.274 e. The number of pyridine rings is 1. The van der Waals surface area contributed by atoms with Crippen LogP contribution < -0.4 is 10.6 Å². The summed E-state index contributed by atoms with van der Waals surface area (Å²) < 4.78 is 0. The highest BCUT2D eigenvalue weighted by atomic mass is 35.5. The third-order valence-electron chi connectivity index (χ3n) is 2.75. The number of nitrogens with zero attached hydrogens (tertiary/aromatic N) is 1. The van der Waals surface area contributed by atoms with Gasteiger partial charge >= 0.3 is 0 Å². The lowest BCUT2D eigenvalue weighted by Gasteiger charge is -2.09. The minimum atomic E-state index is -0.456. The van der Waals surface area contributed by atoms with E-state index in [9.17, 15) is 9.59 Å². The van der Waals surface area contributed by atoms with Crippen LogP contribution >= 0.6 is 23.2 Å². The summed E-state index contributed by atoms with van der Waals surface area (Å²) in [5.41, 5.74) is 0.749. The van der Waals surface area contributed by atoms with Crippen molar-refractivity contribution >= 4 is 40.7 Å². The lowest BCUT2D eigenvalue weighted by molar-refractivity contribution is 0.0938. The molecule has 2 rings (SSSR count). The largest absolute Gasteiger partial charge is 0.349 e. The molecule has 0 aliphatic heterocycles. The van der Waals surface area contributed by atoms with Crippen LogP contribution in [0.5, 0.6) is 0 Å². The van der Waals surface area contributed by atoms with Crippen molar-refractivity contribution in [3.63, 3.8) is 0 Å². The van der Waals surface area contributed by atoms with Crippen molar-refractivity contribution in [1.82, 2.24) is 10.3 Å². The Kier molecular flexibility index (Phi) is 5.58. The van der Waals surface area contributed by atoms with Gasteiger partial charge in [-0.3, -0.25) is 9.59 Å². The van der Waals surface area contributed by atoms with Crippen molar-refractivity contribution in [3.8, 4) is 0 Å². The van der Waals surface area contributed by atoms with Gasteiger partial charge < -0.3 is 10.6 Å². The minimum absolute atomic E-state index is 0.0182. The lowest BCUT2D eigenvalue weighted by Crippen LogP contribution is -2.31. The van der Waals surface area contributed by atoms with E-state index >= 15 is 0 Å². The second kappa shape index (κ2) is 7.44. The number of carbonyl (C=O) groups excluding carboxylic acids is 2. The van der Waals surface area contributed by atoms with Gasteiger partial charge in [0.2, 0.25) is 0 Å². The second-order valence-electron chi connectivity index (χ2n) is 5.15. The Hall–Kier alpha value is -2.11. The molecule has 1 aromatic heterocycles. The maximum absolute atomic E-state index is 12.2. The number of carbonyl (C=O) groups is 2. The topological polar surface area (TPSA) is 71.1 Å². The number of nitrogens with one attached hydrogen (secondary N) is 2. The Balaban J connectivity index is 2.18. The lowest BCUT2D eigenvalue weighted by atomic mass is 10.2. The van der Waals surface area contributed by atoms with Crippen molar-refractivity contribution in [2.24, 2.45) is 0 Å². The average molecular weight is 352 g/mol. The van der Waals surface area contributed by atoms with Crippen LogP contribution in [-0.2, 0) is 0 Å². The number of aromatic nitrogens is 1. The van der Waals surface area contributed by atoms with Crippen molar-refractivity contribution in [2.45, 2.75) is 19.9 Å². The van der Waals surface area contributed by atoms with Crippen molar-refractivity contribution in [3.05, 3.63) is 57.8 Å². The normalized spacial score (nSPS) is 10.5. The summed E-state index contributed by atoms with van der Waals surface area (Å²) in [5.74, 6) is -0.789. The van der Waals surface area contributed by atoms with Crippen LogP contribution in [0.15, 0.2) is 36.4 Å². The molecule has 1 aromatic carbocycles. The van der Waals surface area contributed by atoms with Gasteiger partial charge in [0.1, 0.15) is 11.4 Å². The van der Waals surface area contributed by atoms with E-state index in [1.54, 1.807) is 30.3 Å². The molecule has 0 spiro atoms. The number of rotatable bonds is 4. The Morgan fingerprint density at radius 1 is 1.00 bits per heavy atom. The molecule has 1 heterocycles. The van der Waals surface area contributed by atoms with Gasteiger partial charge in [0.15, 0.2) is 0 Å². The van der Waals surface area contributed by atoms with Crippen LogP contribution in [0.4, 0.5) is 5.69 Å². The smallest absolute Gasteiger partial charge is 0.274 e. The monoisotopic (exact) mass is 351 g/mol. The van der Waals surface area contributed by atoms with E-state index in [1.165, 1.54) is 6.07 Å². The van der Waals surface area contributed by atoms with E-state index in [2.05, 4.69) is 15.6 Å². The molecule has 0 bridgehead atoms. The first kappa shape index (κ1) is 17.2. The Labute approximate surface area is 144 Å². The molecule has 23 heavy (non-hydrogen) atoms. The molecule has 0 aliphatic rings. The van der Waals surface area contributed by atoms with Crippen molar-refractivity contribution in [1.29, 1.82) is 0 Å². The van der Waals surface area contributed by atoms with Crippen LogP contribution in [0.3, 0.4) is 0 Å². The highest BCUT2D eigenvalue weighted by molar-refractivity contribution is 6.35. The van der Waals surface area contributed by atoms with E-state index < -0.39 is 5.91 Å². The summed E-state index contributed by atoms with van der Waals surface area (Å²) in [6.07, 6.45) is 0. The van der Waals surface area contributed by atoms with Gasteiger partial charge in [0, 0.05) is 21.8 Å². The number of hydrogen-bond acceptors (Lipinski definition) is 3. The summed E-state index contributed by atoms with van der Waals surface area (Å²) in [6.45, 7) is 3.69. The Bertz CT molecular complexity index is 728. The number of anilines is 1. The molecule has 2 amide bonds. The number of halogens is 2. The quantitative estimate of drug-likeness (QED) is 0.880. The van der Waals surface area contributed by atoms with Gasteiger partial charge in [0.25, 0.3) is 11.8 Å². The standard InChI is InChI=1S/C16H15Cl2N3O2/c1-9(2)19-15(22)13-4-3-5-14(21-13)16(23)20-12-7-10(17)6-11(18)8-12/h3-9H,1-2H3,(H,19,22)(H,20,23). The summed E-state index contributed by atoms with van der Waals surface area (Å²) in [4.78, 5) is 28.3. The zero-order valence-electron chi connectivity index (χ0n) is 12.6. The zero-order valence-corrected chi connectivity index (χ0v) is 14.1. The summed E-state index contributed by atoms with van der Waals surface area (Å²) in [6, 6.07) is 9.35. The Morgan fingerprint density at radius 3 is 2.13 bits per heavy atom. The van der Waals surface area contributed by atoms with E-state index in [4.69, 9.17) is 23.2 Å². The SMILES string of the molecule is CC(C)NC(=O)c1cccc(C(=O)Nc2cc(Cl)cc(Cl)c2)n1. The van der Waals surface area contributed by atoms with Gasteiger partial charge in [-0.05, 0) is 44.2 Å². The first-order valence-electron chi connectivity index (χ1n) is 6.90. The van der Waals surface area contributed by atoms with E-state index in [0.29, 0.717) is 15.7 Å². The van der Waals surface area contributed by atoms with Gasteiger partial charge in [-0.2, -0.15) is 0 Å². The van der Waals surface area contributed by atoms with Gasteiger partial charge in [-0.1, -0.05) is 29.3 Å². The molecule has 0 unspecified atom stereocenters. The molecule has 0 aliphatic carbocycles. The van der Waals surface area contributed by atoms with E-state index in [1.807, 2.05) is 13.8 Å². The Morgan fingerprint density at radius 2 is 1.57 bits per heavy atom. The van der Waals surface area contributed by atoms with Gasteiger partial charge in [0.05, 0.1) is 0 Å².